The maximum absolute atomic E-state index is 11.3. The Morgan fingerprint density at radius 3 is 2.62 bits per heavy atom. The Morgan fingerprint density at radius 1 is 1.38 bits per heavy atom. The lowest BCUT2D eigenvalue weighted by Crippen LogP contribution is -2.38. The van der Waals surface area contributed by atoms with Crippen molar-refractivity contribution in [3.63, 3.8) is 0 Å². The molecule has 0 amide bonds. The molecular weight excluding hydrogens is 228 g/mol. The number of esters is 1. The van der Waals surface area contributed by atoms with Crippen molar-refractivity contribution in [2.24, 2.45) is 0 Å². The first kappa shape index (κ1) is 14.6. The predicted octanol–water partition coefficient (Wildman–Crippen LogP) is 0.159. The first-order valence-electron chi connectivity index (χ1n) is 4.81. The number of ketones is 1. The fourth-order valence-corrected chi connectivity index (χ4v) is 0.994. The van der Waals surface area contributed by atoms with Crippen LogP contribution in [0.1, 0.15) is 12.8 Å². The lowest BCUT2D eigenvalue weighted by atomic mass is 10.2. The van der Waals surface area contributed by atoms with E-state index in [-0.39, 0.29) is 31.1 Å². The molecule has 0 aromatic heterocycles. The first-order chi connectivity index (χ1) is 7.60. The van der Waals surface area contributed by atoms with Crippen LogP contribution in [0.5, 0.6) is 0 Å². The average Bonchev–Trinajstić information content (AvgIpc) is 2.30. The number of hydrogen-bond donors (Lipinski definition) is 2. The van der Waals surface area contributed by atoms with Gasteiger partial charge in [0.15, 0.2) is 10.9 Å². The van der Waals surface area contributed by atoms with Crippen LogP contribution in [0.4, 0.5) is 0 Å². The second-order valence-corrected chi connectivity index (χ2v) is 3.38. The molecule has 0 atom stereocenters. The van der Waals surface area contributed by atoms with Crippen molar-refractivity contribution in [3.8, 4) is 0 Å². The van der Waals surface area contributed by atoms with Gasteiger partial charge in [0.1, 0.15) is 0 Å². The Kier molecular flexibility index (Phi) is 8.05. The fraction of sp³-hybridized carbons (Fsp3) is 0.500. The third-order valence-electron chi connectivity index (χ3n) is 1.69. The highest BCUT2D eigenvalue weighted by Crippen LogP contribution is 1.92. The summed E-state index contributed by atoms with van der Waals surface area (Å²) in [6.07, 6.45) is 1.92. The molecule has 0 radical (unpaired) electrons. The van der Waals surface area contributed by atoms with Gasteiger partial charge in [-0.15, -0.1) is 6.58 Å². The van der Waals surface area contributed by atoms with Crippen LogP contribution < -0.4 is 10.6 Å². The summed E-state index contributed by atoms with van der Waals surface area (Å²) in [5, 5.41) is 5.95. The van der Waals surface area contributed by atoms with Crippen molar-refractivity contribution in [3.05, 3.63) is 12.7 Å². The number of ether oxygens (including phenoxy) is 1. The van der Waals surface area contributed by atoms with E-state index in [0.717, 1.165) is 0 Å². The standard InChI is InChI=1S/C10H16N2O3S/c1-3-6-11-10(16)12-7-8(13)4-5-9(14)15-2/h3H,1,4-7H2,2H3,(H2,11,12,16). The van der Waals surface area contributed by atoms with Gasteiger partial charge in [-0.1, -0.05) is 6.08 Å². The van der Waals surface area contributed by atoms with Gasteiger partial charge in [0.2, 0.25) is 0 Å². The van der Waals surface area contributed by atoms with Crippen LogP contribution in [0, 0.1) is 0 Å². The van der Waals surface area contributed by atoms with Gasteiger partial charge in [0, 0.05) is 13.0 Å². The molecule has 0 unspecified atom stereocenters. The molecule has 0 aliphatic carbocycles. The van der Waals surface area contributed by atoms with E-state index in [1.807, 2.05) is 0 Å². The smallest absolute Gasteiger partial charge is 0.305 e. The molecule has 6 heteroatoms. The van der Waals surface area contributed by atoms with Gasteiger partial charge in [0.05, 0.1) is 20.1 Å². The number of rotatable bonds is 7. The van der Waals surface area contributed by atoms with Gasteiger partial charge in [-0.05, 0) is 12.2 Å². The number of Topliss-reactive ketones (excluding diaryl/α,β-unsaturated/α-hetero) is 1. The second kappa shape index (κ2) is 8.84. The third kappa shape index (κ3) is 7.93. The van der Waals surface area contributed by atoms with Gasteiger partial charge in [-0.3, -0.25) is 9.59 Å². The molecule has 0 saturated heterocycles. The topological polar surface area (TPSA) is 67.4 Å². The molecule has 0 aromatic carbocycles. The lowest BCUT2D eigenvalue weighted by Gasteiger charge is -2.07. The summed E-state index contributed by atoms with van der Waals surface area (Å²) in [6, 6.07) is 0. The molecule has 0 spiro atoms. The van der Waals surface area contributed by atoms with Gasteiger partial charge < -0.3 is 15.4 Å². The normalized spacial score (nSPS) is 9.06. The maximum Gasteiger partial charge on any atom is 0.305 e. The lowest BCUT2D eigenvalue weighted by molar-refractivity contribution is -0.141. The van der Waals surface area contributed by atoms with E-state index in [2.05, 4.69) is 21.9 Å². The third-order valence-corrected chi connectivity index (χ3v) is 1.98. The van der Waals surface area contributed by atoms with Crippen LogP contribution in [0.3, 0.4) is 0 Å². The monoisotopic (exact) mass is 244 g/mol. The summed E-state index contributed by atoms with van der Waals surface area (Å²) in [5.74, 6) is -0.478. The van der Waals surface area contributed by atoms with Crippen LogP contribution in [0.2, 0.25) is 0 Å². The SMILES string of the molecule is C=CCNC(=S)NCC(=O)CCC(=O)OC. The molecule has 90 valence electrons. The van der Waals surface area contributed by atoms with Crippen LogP contribution in [0.15, 0.2) is 12.7 Å². The van der Waals surface area contributed by atoms with Gasteiger partial charge in [-0.2, -0.15) is 0 Å². The number of nitrogens with one attached hydrogen (secondary N) is 2. The Morgan fingerprint density at radius 2 is 2.06 bits per heavy atom. The van der Waals surface area contributed by atoms with Gasteiger partial charge >= 0.3 is 5.97 Å². The zero-order chi connectivity index (χ0) is 12.4. The zero-order valence-corrected chi connectivity index (χ0v) is 10.1. The number of hydrogen-bond acceptors (Lipinski definition) is 4. The Bertz CT molecular complexity index is 279. The minimum absolute atomic E-state index is 0.0897. The molecule has 0 heterocycles. The summed E-state index contributed by atoms with van der Waals surface area (Å²) < 4.78 is 4.42. The predicted molar refractivity (Wildman–Crippen MR) is 65.1 cm³/mol. The van der Waals surface area contributed by atoms with E-state index >= 15 is 0 Å². The molecule has 2 N–H and O–H groups in total. The molecule has 0 aliphatic rings. The zero-order valence-electron chi connectivity index (χ0n) is 9.25. The van der Waals surface area contributed by atoms with Gasteiger partial charge in [-0.25, -0.2) is 0 Å². The largest absolute Gasteiger partial charge is 0.469 e. The van der Waals surface area contributed by atoms with Crippen molar-refractivity contribution < 1.29 is 14.3 Å². The van der Waals surface area contributed by atoms with E-state index in [1.165, 1.54) is 7.11 Å². The minimum atomic E-state index is -0.388. The summed E-state index contributed by atoms with van der Waals surface area (Å²) >= 11 is 4.88. The van der Waals surface area contributed by atoms with E-state index in [0.29, 0.717) is 11.7 Å². The van der Waals surface area contributed by atoms with Crippen molar-refractivity contribution in [1.82, 2.24) is 10.6 Å². The summed E-state index contributed by atoms with van der Waals surface area (Å²) in [4.78, 5) is 22.0. The Labute approximate surface area is 100 Å². The van der Waals surface area contributed by atoms with Crippen LogP contribution in [0.25, 0.3) is 0 Å². The fourth-order valence-electron chi connectivity index (χ4n) is 0.838. The molecule has 16 heavy (non-hydrogen) atoms. The number of methoxy groups -OCH3 is 1. The van der Waals surface area contributed by atoms with Crippen LogP contribution >= 0.6 is 12.2 Å². The van der Waals surface area contributed by atoms with Crippen molar-refractivity contribution in [2.45, 2.75) is 12.8 Å². The van der Waals surface area contributed by atoms with E-state index in [9.17, 15) is 9.59 Å². The highest BCUT2D eigenvalue weighted by atomic mass is 32.1. The molecule has 0 aromatic rings. The minimum Gasteiger partial charge on any atom is -0.469 e. The summed E-state index contributed by atoms with van der Waals surface area (Å²) in [5.41, 5.74) is 0. The quantitative estimate of drug-likeness (QED) is 0.378. The first-order valence-corrected chi connectivity index (χ1v) is 5.22. The summed E-state index contributed by atoms with van der Waals surface area (Å²) in [7, 11) is 1.29. The van der Waals surface area contributed by atoms with Crippen LogP contribution in [-0.2, 0) is 14.3 Å². The van der Waals surface area contributed by atoms with Crippen LogP contribution in [-0.4, -0.2) is 37.1 Å². The number of carbonyl (C=O) groups excluding carboxylic acids is 2. The van der Waals surface area contributed by atoms with Crippen molar-refractivity contribution >= 4 is 29.1 Å². The van der Waals surface area contributed by atoms with E-state index in [1.54, 1.807) is 6.08 Å². The van der Waals surface area contributed by atoms with Crippen molar-refractivity contribution in [1.29, 1.82) is 0 Å². The highest BCUT2D eigenvalue weighted by Gasteiger charge is 2.06. The second-order valence-electron chi connectivity index (χ2n) is 2.97. The highest BCUT2D eigenvalue weighted by molar-refractivity contribution is 7.80. The molecule has 0 bridgehead atoms. The van der Waals surface area contributed by atoms with E-state index in [4.69, 9.17) is 12.2 Å². The van der Waals surface area contributed by atoms with Crippen molar-refractivity contribution in [2.75, 3.05) is 20.2 Å². The molecule has 5 nitrogen and oxygen atoms in total. The summed E-state index contributed by atoms with van der Waals surface area (Å²) in [6.45, 7) is 4.17. The van der Waals surface area contributed by atoms with E-state index < -0.39 is 0 Å². The molecular formula is C10H16N2O3S. The molecule has 0 aliphatic heterocycles. The number of thiocarbonyl (C=S) groups is 1. The average molecular weight is 244 g/mol. The Balaban J connectivity index is 3.60. The molecule has 0 rings (SSSR count). The Hall–Kier alpha value is -1.43. The molecule has 0 saturated carbocycles. The van der Waals surface area contributed by atoms with Gasteiger partial charge in [0.25, 0.3) is 0 Å². The molecule has 0 fully saturated rings. The number of carbonyl (C=O) groups is 2. The maximum atomic E-state index is 11.3.